The molecule has 2 fully saturated rings. The Morgan fingerprint density at radius 3 is 2.81 bits per heavy atom. The molecule has 2 bridgehead atoms. The normalized spacial score (nSPS) is 24.3. The quantitative estimate of drug-likeness (QED) is 0.652. The Bertz CT molecular complexity index is 967. The number of ether oxygens (including phenoxy) is 1. The fourth-order valence-corrected chi connectivity index (χ4v) is 5.57. The maximum Gasteiger partial charge on any atom is 0.143 e. The number of nitrogens with one attached hydrogen (secondary N) is 1. The molecule has 2 aromatic heterocycles. The first-order chi connectivity index (χ1) is 12.7. The molecule has 4 nitrogen and oxygen atoms in total. The van der Waals surface area contributed by atoms with E-state index in [0.717, 1.165) is 39.3 Å². The van der Waals surface area contributed by atoms with Gasteiger partial charge < -0.3 is 10.1 Å². The molecule has 0 amide bonds. The van der Waals surface area contributed by atoms with Crippen molar-refractivity contribution in [1.29, 1.82) is 0 Å². The van der Waals surface area contributed by atoms with Gasteiger partial charge in [0.2, 0.25) is 0 Å². The highest BCUT2D eigenvalue weighted by atomic mass is 32.1. The van der Waals surface area contributed by atoms with Crippen molar-refractivity contribution < 1.29 is 4.74 Å². The van der Waals surface area contributed by atoms with E-state index in [9.17, 15) is 0 Å². The number of aryl methyl sites for hydroxylation is 2. The van der Waals surface area contributed by atoms with Crippen LogP contribution in [0.2, 0.25) is 0 Å². The van der Waals surface area contributed by atoms with Crippen LogP contribution in [0.25, 0.3) is 10.2 Å². The van der Waals surface area contributed by atoms with E-state index in [1.165, 1.54) is 36.1 Å². The van der Waals surface area contributed by atoms with Gasteiger partial charge in [0.05, 0.1) is 11.1 Å². The minimum absolute atomic E-state index is 0.368. The van der Waals surface area contributed by atoms with Crippen LogP contribution in [-0.4, -0.2) is 16.1 Å². The van der Waals surface area contributed by atoms with Crippen molar-refractivity contribution in [2.24, 2.45) is 11.8 Å². The van der Waals surface area contributed by atoms with Gasteiger partial charge in [0.1, 0.15) is 28.8 Å². The third-order valence-corrected chi connectivity index (χ3v) is 7.17. The third-order valence-electron chi connectivity index (χ3n) is 6.06. The molecule has 2 aliphatic carbocycles. The van der Waals surface area contributed by atoms with E-state index in [2.05, 4.69) is 41.3 Å². The van der Waals surface area contributed by atoms with E-state index in [1.54, 1.807) is 17.7 Å². The molecule has 2 heterocycles. The van der Waals surface area contributed by atoms with Gasteiger partial charge in [-0.2, -0.15) is 0 Å². The molecule has 134 valence electrons. The lowest BCUT2D eigenvalue weighted by Crippen LogP contribution is -2.23. The Kier molecular flexibility index (Phi) is 3.85. The van der Waals surface area contributed by atoms with Gasteiger partial charge in [0, 0.05) is 4.88 Å². The molecular weight excluding hydrogens is 342 g/mol. The number of anilines is 2. The summed E-state index contributed by atoms with van der Waals surface area (Å²) in [5, 5.41) is 4.63. The van der Waals surface area contributed by atoms with Crippen molar-refractivity contribution >= 4 is 33.1 Å². The van der Waals surface area contributed by atoms with Gasteiger partial charge in [0.15, 0.2) is 0 Å². The summed E-state index contributed by atoms with van der Waals surface area (Å²) in [6.07, 6.45) is 7.27. The van der Waals surface area contributed by atoms with Crippen LogP contribution in [0.1, 0.15) is 36.1 Å². The molecule has 0 saturated heterocycles. The molecule has 26 heavy (non-hydrogen) atoms. The molecule has 0 radical (unpaired) electrons. The Morgan fingerprint density at radius 1 is 1.12 bits per heavy atom. The van der Waals surface area contributed by atoms with Gasteiger partial charge >= 0.3 is 0 Å². The van der Waals surface area contributed by atoms with Crippen molar-refractivity contribution in [3.63, 3.8) is 0 Å². The molecule has 5 heteroatoms. The third kappa shape index (κ3) is 2.65. The number of benzene rings is 1. The van der Waals surface area contributed by atoms with E-state index in [-0.39, 0.29) is 0 Å². The first-order valence-electron chi connectivity index (χ1n) is 9.42. The zero-order valence-corrected chi connectivity index (χ0v) is 16.0. The van der Waals surface area contributed by atoms with E-state index in [1.807, 2.05) is 12.1 Å². The van der Waals surface area contributed by atoms with Crippen LogP contribution in [0.4, 0.5) is 11.5 Å². The van der Waals surface area contributed by atoms with Crippen LogP contribution in [0.5, 0.6) is 5.75 Å². The minimum atomic E-state index is 0.368. The van der Waals surface area contributed by atoms with Gasteiger partial charge in [-0.3, -0.25) is 0 Å². The highest BCUT2D eigenvalue weighted by molar-refractivity contribution is 7.18. The Balaban J connectivity index is 1.46. The minimum Gasteiger partial charge on any atom is -0.488 e. The van der Waals surface area contributed by atoms with Gasteiger partial charge in [-0.25, -0.2) is 9.97 Å². The molecule has 2 saturated carbocycles. The lowest BCUT2D eigenvalue weighted by molar-refractivity contribution is 0.139. The van der Waals surface area contributed by atoms with Crippen LogP contribution < -0.4 is 10.1 Å². The highest BCUT2D eigenvalue weighted by Gasteiger charge is 2.41. The number of para-hydroxylation sites is 2. The fourth-order valence-electron chi connectivity index (χ4n) is 4.57. The standard InChI is InChI=1S/C21H23N3OS/c1-12-13(2)26-21-19(12)20(22-11-23-21)24-16-5-3-4-6-17(16)25-18-10-14-7-8-15(18)9-14/h3-6,11,14-15,18H,7-10H2,1-2H3,(H,22,23,24). The lowest BCUT2D eigenvalue weighted by atomic mass is 9.98. The van der Waals surface area contributed by atoms with Crippen LogP contribution in [0.15, 0.2) is 30.6 Å². The maximum absolute atomic E-state index is 6.46. The number of hydrogen-bond acceptors (Lipinski definition) is 5. The smallest absolute Gasteiger partial charge is 0.143 e. The molecule has 1 N–H and O–H groups in total. The number of thiophene rings is 1. The van der Waals surface area contributed by atoms with E-state index >= 15 is 0 Å². The van der Waals surface area contributed by atoms with Crippen molar-refractivity contribution in [2.45, 2.75) is 45.6 Å². The average molecular weight is 366 g/mol. The Labute approximate surface area is 157 Å². The summed E-state index contributed by atoms with van der Waals surface area (Å²) in [5.74, 6) is 3.41. The summed E-state index contributed by atoms with van der Waals surface area (Å²) >= 11 is 1.72. The molecule has 3 unspecified atom stereocenters. The van der Waals surface area contributed by atoms with E-state index in [0.29, 0.717) is 6.10 Å². The average Bonchev–Trinajstić information content (AvgIpc) is 3.33. The summed E-state index contributed by atoms with van der Waals surface area (Å²) in [6, 6.07) is 8.23. The summed E-state index contributed by atoms with van der Waals surface area (Å²) in [5.41, 5.74) is 2.23. The predicted molar refractivity (Wildman–Crippen MR) is 106 cm³/mol. The van der Waals surface area contributed by atoms with Gasteiger partial charge in [-0.1, -0.05) is 12.1 Å². The second kappa shape index (κ2) is 6.23. The first-order valence-corrected chi connectivity index (χ1v) is 10.2. The van der Waals surface area contributed by atoms with Gasteiger partial charge in [0.25, 0.3) is 0 Å². The molecule has 3 aromatic rings. The molecule has 5 rings (SSSR count). The molecule has 0 spiro atoms. The number of rotatable bonds is 4. The number of hydrogen-bond donors (Lipinski definition) is 1. The summed E-state index contributed by atoms with van der Waals surface area (Å²) in [4.78, 5) is 11.3. The zero-order chi connectivity index (χ0) is 17.7. The van der Waals surface area contributed by atoms with Crippen molar-refractivity contribution in [2.75, 3.05) is 5.32 Å². The molecule has 2 aliphatic rings. The SMILES string of the molecule is Cc1sc2ncnc(Nc3ccccc3OC3CC4CCC3C4)c2c1C. The Hall–Kier alpha value is -2.14. The highest BCUT2D eigenvalue weighted by Crippen LogP contribution is 2.47. The van der Waals surface area contributed by atoms with Crippen LogP contribution in [0, 0.1) is 25.7 Å². The van der Waals surface area contributed by atoms with Crippen LogP contribution >= 0.6 is 11.3 Å². The monoisotopic (exact) mass is 365 g/mol. The fraction of sp³-hybridized carbons (Fsp3) is 0.429. The molecule has 3 atom stereocenters. The van der Waals surface area contributed by atoms with Gasteiger partial charge in [-0.15, -0.1) is 11.3 Å². The van der Waals surface area contributed by atoms with Gasteiger partial charge in [-0.05, 0) is 69.1 Å². The van der Waals surface area contributed by atoms with E-state index in [4.69, 9.17) is 4.74 Å². The lowest BCUT2D eigenvalue weighted by Gasteiger charge is -2.24. The topological polar surface area (TPSA) is 47.0 Å². The number of nitrogens with zero attached hydrogens (tertiary/aromatic N) is 2. The number of fused-ring (bicyclic) bond motifs is 3. The summed E-state index contributed by atoms with van der Waals surface area (Å²) in [6.45, 7) is 4.28. The number of aromatic nitrogens is 2. The summed E-state index contributed by atoms with van der Waals surface area (Å²) in [7, 11) is 0. The predicted octanol–water partition coefficient (Wildman–Crippen LogP) is 5.62. The maximum atomic E-state index is 6.46. The largest absolute Gasteiger partial charge is 0.488 e. The molecule has 1 aromatic carbocycles. The summed E-state index contributed by atoms with van der Waals surface area (Å²) < 4.78 is 6.46. The molecule has 0 aliphatic heterocycles. The second-order valence-electron chi connectivity index (χ2n) is 7.64. The Morgan fingerprint density at radius 2 is 2.00 bits per heavy atom. The molecular formula is C21H23N3OS. The van der Waals surface area contributed by atoms with Crippen LogP contribution in [0.3, 0.4) is 0 Å². The van der Waals surface area contributed by atoms with Crippen molar-refractivity contribution in [3.05, 3.63) is 41.0 Å². The van der Waals surface area contributed by atoms with Crippen molar-refractivity contribution in [1.82, 2.24) is 9.97 Å². The van der Waals surface area contributed by atoms with Crippen LogP contribution in [-0.2, 0) is 0 Å². The second-order valence-corrected chi connectivity index (χ2v) is 8.84. The van der Waals surface area contributed by atoms with Crippen molar-refractivity contribution in [3.8, 4) is 5.75 Å². The van der Waals surface area contributed by atoms with E-state index < -0.39 is 0 Å². The zero-order valence-electron chi connectivity index (χ0n) is 15.2. The first kappa shape index (κ1) is 16.1.